The summed E-state index contributed by atoms with van der Waals surface area (Å²) in [6.45, 7) is 2.83. The fourth-order valence-corrected chi connectivity index (χ4v) is 3.19. The maximum absolute atomic E-state index is 11.8. The molecule has 1 amide bonds. The lowest BCUT2D eigenvalue weighted by atomic mass is 10.1. The number of nitrogens with zero attached hydrogens (tertiary/aromatic N) is 1. The lowest BCUT2D eigenvalue weighted by Gasteiger charge is -2.03. The minimum absolute atomic E-state index is 0.0568. The van der Waals surface area contributed by atoms with Crippen LogP contribution in [-0.4, -0.2) is 16.3 Å². The molecule has 1 N–H and O–H groups in total. The van der Waals surface area contributed by atoms with Crippen molar-refractivity contribution in [3.63, 3.8) is 0 Å². The summed E-state index contributed by atoms with van der Waals surface area (Å²) in [6, 6.07) is 10.1. The van der Waals surface area contributed by atoms with Crippen LogP contribution in [-0.2, 0) is 11.3 Å². The predicted molar refractivity (Wildman–Crippen MR) is 85.9 cm³/mol. The molecule has 1 aromatic carbocycles. The topological polar surface area (TPSA) is 41.5 Å². The minimum atomic E-state index is 0.0568. The van der Waals surface area contributed by atoms with Gasteiger partial charge in [-0.15, -0.1) is 0 Å². The number of thioether (sulfide) groups is 1. The number of carbonyl (C=O) groups is 1. The summed E-state index contributed by atoms with van der Waals surface area (Å²) in [5.74, 6) is 0.123. The minimum Gasteiger partial charge on any atom is -0.304 e. The molecule has 0 radical (unpaired) electrons. The number of nitrogens with one attached hydrogen (secondary N) is 1. The van der Waals surface area contributed by atoms with E-state index < -0.39 is 0 Å². The Hall–Kier alpha value is -1.29. The van der Waals surface area contributed by atoms with Crippen molar-refractivity contribution in [1.82, 2.24) is 5.32 Å². The van der Waals surface area contributed by atoms with E-state index in [0.717, 1.165) is 18.0 Å². The van der Waals surface area contributed by atoms with Gasteiger partial charge in [-0.25, -0.2) is 0 Å². The normalized spacial score (nSPS) is 20.4. The van der Waals surface area contributed by atoms with Gasteiger partial charge in [0.15, 0.2) is 5.17 Å². The standard InChI is InChI=1S/C16H22N2OS/c1-2-3-4-8-11-14-15(19)18-16(20-14)17-12-13-9-6-5-7-10-13/h5-7,9-10,14H,2-4,8,11-12H2,1H3,(H,17,18,19). The second-order valence-corrected chi connectivity index (χ2v) is 6.24. The Bertz CT molecular complexity index is 459. The molecule has 2 rings (SSSR count). The number of rotatable bonds is 7. The molecule has 4 heteroatoms. The Morgan fingerprint density at radius 1 is 1.20 bits per heavy atom. The van der Waals surface area contributed by atoms with Gasteiger partial charge in [-0.2, -0.15) is 0 Å². The summed E-state index contributed by atoms with van der Waals surface area (Å²) in [6.07, 6.45) is 5.80. The van der Waals surface area contributed by atoms with E-state index in [0.29, 0.717) is 6.54 Å². The quantitative estimate of drug-likeness (QED) is 0.777. The van der Waals surface area contributed by atoms with E-state index in [4.69, 9.17) is 0 Å². The molecule has 1 atom stereocenters. The molecule has 1 aliphatic rings. The molecular formula is C16H22N2OS. The molecular weight excluding hydrogens is 268 g/mol. The average molecular weight is 290 g/mol. The highest BCUT2D eigenvalue weighted by Crippen LogP contribution is 2.24. The zero-order valence-electron chi connectivity index (χ0n) is 12.0. The van der Waals surface area contributed by atoms with Crippen LogP contribution in [0.25, 0.3) is 0 Å². The lowest BCUT2D eigenvalue weighted by Crippen LogP contribution is -2.24. The van der Waals surface area contributed by atoms with Crippen molar-refractivity contribution in [1.29, 1.82) is 0 Å². The lowest BCUT2D eigenvalue weighted by molar-refractivity contribution is -0.118. The van der Waals surface area contributed by atoms with Gasteiger partial charge < -0.3 is 5.32 Å². The molecule has 0 spiro atoms. The molecule has 108 valence electrons. The number of benzene rings is 1. The van der Waals surface area contributed by atoms with Crippen LogP contribution >= 0.6 is 11.8 Å². The Balaban J connectivity index is 1.79. The molecule has 1 unspecified atom stereocenters. The first kappa shape index (κ1) is 15.1. The van der Waals surface area contributed by atoms with Crippen molar-refractivity contribution < 1.29 is 4.79 Å². The second kappa shape index (κ2) is 8.10. The van der Waals surface area contributed by atoms with E-state index in [-0.39, 0.29) is 11.2 Å². The van der Waals surface area contributed by atoms with Crippen LogP contribution in [0.15, 0.2) is 35.3 Å². The summed E-state index contributed by atoms with van der Waals surface area (Å²) < 4.78 is 0. The molecule has 3 nitrogen and oxygen atoms in total. The van der Waals surface area contributed by atoms with Gasteiger partial charge in [-0.1, -0.05) is 74.7 Å². The molecule has 1 aliphatic heterocycles. The number of amides is 1. The van der Waals surface area contributed by atoms with Crippen molar-refractivity contribution in [2.24, 2.45) is 4.99 Å². The highest BCUT2D eigenvalue weighted by atomic mass is 32.2. The maximum Gasteiger partial charge on any atom is 0.239 e. The summed E-state index contributed by atoms with van der Waals surface area (Å²) in [5.41, 5.74) is 1.17. The zero-order chi connectivity index (χ0) is 14.2. The number of carbonyl (C=O) groups excluding carboxylic acids is 1. The highest BCUT2D eigenvalue weighted by Gasteiger charge is 2.29. The Kier molecular flexibility index (Phi) is 6.12. The Morgan fingerprint density at radius 2 is 2.00 bits per heavy atom. The SMILES string of the molecule is CCCCCCC1SC(=NCc2ccccc2)NC1=O. The van der Waals surface area contributed by atoms with Crippen molar-refractivity contribution in [2.45, 2.75) is 50.8 Å². The number of hydrogen-bond acceptors (Lipinski definition) is 3. The van der Waals surface area contributed by atoms with Gasteiger partial charge in [0.1, 0.15) is 0 Å². The average Bonchev–Trinajstić information content (AvgIpc) is 2.83. The van der Waals surface area contributed by atoms with Crippen LogP contribution in [0.1, 0.15) is 44.6 Å². The summed E-state index contributed by atoms with van der Waals surface area (Å²) >= 11 is 1.59. The van der Waals surface area contributed by atoms with Crippen LogP contribution in [0.4, 0.5) is 0 Å². The molecule has 1 saturated heterocycles. The zero-order valence-corrected chi connectivity index (χ0v) is 12.8. The fourth-order valence-electron chi connectivity index (χ4n) is 2.17. The van der Waals surface area contributed by atoms with Gasteiger partial charge in [0.25, 0.3) is 0 Å². The fraction of sp³-hybridized carbons (Fsp3) is 0.500. The van der Waals surface area contributed by atoms with Crippen LogP contribution in [0.3, 0.4) is 0 Å². The highest BCUT2D eigenvalue weighted by molar-refractivity contribution is 8.15. The van der Waals surface area contributed by atoms with Crippen LogP contribution in [0.2, 0.25) is 0 Å². The van der Waals surface area contributed by atoms with Crippen LogP contribution < -0.4 is 5.32 Å². The van der Waals surface area contributed by atoms with E-state index in [1.165, 1.54) is 24.8 Å². The predicted octanol–water partition coefficient (Wildman–Crippen LogP) is 3.74. The Morgan fingerprint density at radius 3 is 2.75 bits per heavy atom. The van der Waals surface area contributed by atoms with Gasteiger partial charge in [0.05, 0.1) is 11.8 Å². The number of unbranched alkanes of at least 4 members (excludes halogenated alkanes) is 3. The smallest absolute Gasteiger partial charge is 0.239 e. The van der Waals surface area contributed by atoms with Crippen LogP contribution in [0.5, 0.6) is 0 Å². The summed E-state index contributed by atoms with van der Waals surface area (Å²) in [7, 11) is 0. The van der Waals surface area contributed by atoms with Crippen molar-refractivity contribution in [3.8, 4) is 0 Å². The first-order chi connectivity index (χ1) is 9.79. The van der Waals surface area contributed by atoms with Gasteiger partial charge in [-0.05, 0) is 12.0 Å². The largest absolute Gasteiger partial charge is 0.304 e. The van der Waals surface area contributed by atoms with Gasteiger partial charge in [-0.3, -0.25) is 9.79 Å². The van der Waals surface area contributed by atoms with Crippen LogP contribution in [0, 0.1) is 0 Å². The first-order valence-electron chi connectivity index (χ1n) is 7.35. The molecule has 1 aromatic rings. The third kappa shape index (κ3) is 4.67. The monoisotopic (exact) mass is 290 g/mol. The molecule has 0 saturated carbocycles. The van der Waals surface area contributed by atoms with Crippen molar-refractivity contribution in [2.75, 3.05) is 0 Å². The van der Waals surface area contributed by atoms with E-state index in [2.05, 4.69) is 17.2 Å². The molecule has 20 heavy (non-hydrogen) atoms. The Labute approximate surface area is 125 Å². The van der Waals surface area contributed by atoms with Gasteiger partial charge in [0.2, 0.25) is 5.91 Å². The molecule has 0 bridgehead atoms. The molecule has 1 fully saturated rings. The van der Waals surface area contributed by atoms with Gasteiger partial charge in [0, 0.05) is 0 Å². The summed E-state index contributed by atoms with van der Waals surface area (Å²) in [4.78, 5) is 16.3. The number of hydrogen-bond donors (Lipinski definition) is 1. The molecule has 0 aliphatic carbocycles. The maximum atomic E-state index is 11.8. The molecule has 1 heterocycles. The number of amidine groups is 1. The third-order valence-corrected chi connectivity index (χ3v) is 4.53. The van der Waals surface area contributed by atoms with E-state index in [1.54, 1.807) is 11.8 Å². The van der Waals surface area contributed by atoms with Crippen molar-refractivity contribution in [3.05, 3.63) is 35.9 Å². The first-order valence-corrected chi connectivity index (χ1v) is 8.23. The van der Waals surface area contributed by atoms with E-state index >= 15 is 0 Å². The molecule has 0 aromatic heterocycles. The van der Waals surface area contributed by atoms with E-state index in [1.807, 2.05) is 30.3 Å². The second-order valence-electron chi connectivity index (χ2n) is 5.05. The van der Waals surface area contributed by atoms with Crippen molar-refractivity contribution >= 4 is 22.8 Å². The third-order valence-electron chi connectivity index (χ3n) is 3.34. The summed E-state index contributed by atoms with van der Waals surface area (Å²) in [5, 5.41) is 3.72. The van der Waals surface area contributed by atoms with E-state index in [9.17, 15) is 4.79 Å². The number of aliphatic imine (C=N–C) groups is 1. The van der Waals surface area contributed by atoms with Gasteiger partial charge >= 0.3 is 0 Å².